The number of rotatable bonds is 3. The van der Waals surface area contributed by atoms with E-state index in [1.54, 1.807) is 12.3 Å². The van der Waals surface area contributed by atoms with Crippen LogP contribution in [0.3, 0.4) is 0 Å². The maximum Gasteiger partial charge on any atom is 0.200 e. The molecule has 17 heavy (non-hydrogen) atoms. The average molecular weight is 234 g/mol. The van der Waals surface area contributed by atoms with Crippen LogP contribution in [0.1, 0.15) is 24.3 Å². The fraction of sp³-hybridized carbons (Fsp3) is 0.538. The monoisotopic (exact) mass is 234 g/mol. The number of carbonyl (C=O) groups is 1. The van der Waals surface area contributed by atoms with E-state index >= 15 is 0 Å². The quantitative estimate of drug-likeness (QED) is 0.741. The van der Waals surface area contributed by atoms with E-state index in [1.165, 1.54) is 0 Å². The van der Waals surface area contributed by atoms with Gasteiger partial charge < -0.3 is 4.74 Å². The predicted molar refractivity (Wildman–Crippen MR) is 65.0 cm³/mol. The SMILES string of the molecule is CC(C)(C(=O)c1ccccn1)N1CCOCC1. The van der Waals surface area contributed by atoms with E-state index in [9.17, 15) is 4.79 Å². The molecule has 92 valence electrons. The van der Waals surface area contributed by atoms with Gasteiger partial charge in [-0.2, -0.15) is 0 Å². The highest BCUT2D eigenvalue weighted by molar-refractivity contribution is 6.01. The highest BCUT2D eigenvalue weighted by Crippen LogP contribution is 2.20. The molecule has 1 fully saturated rings. The molecular formula is C13H18N2O2. The van der Waals surface area contributed by atoms with Crippen LogP contribution in [0.2, 0.25) is 0 Å². The van der Waals surface area contributed by atoms with Crippen LogP contribution >= 0.6 is 0 Å². The van der Waals surface area contributed by atoms with Gasteiger partial charge in [-0.15, -0.1) is 0 Å². The van der Waals surface area contributed by atoms with Gasteiger partial charge in [-0.1, -0.05) is 6.07 Å². The summed E-state index contributed by atoms with van der Waals surface area (Å²) >= 11 is 0. The second-order valence-corrected chi connectivity index (χ2v) is 4.70. The zero-order valence-corrected chi connectivity index (χ0v) is 10.3. The minimum absolute atomic E-state index is 0.0694. The predicted octanol–water partition coefficient (Wildman–Crippen LogP) is 1.38. The molecule has 2 rings (SSSR count). The van der Waals surface area contributed by atoms with E-state index in [1.807, 2.05) is 26.0 Å². The van der Waals surface area contributed by atoms with Crippen LogP contribution in [0.15, 0.2) is 24.4 Å². The fourth-order valence-electron chi connectivity index (χ4n) is 2.08. The Balaban J connectivity index is 2.17. The molecule has 4 nitrogen and oxygen atoms in total. The highest BCUT2D eigenvalue weighted by Gasteiger charge is 2.36. The van der Waals surface area contributed by atoms with Crippen LogP contribution in [0.25, 0.3) is 0 Å². The molecule has 0 amide bonds. The first-order valence-corrected chi connectivity index (χ1v) is 5.91. The molecule has 1 aromatic heterocycles. The number of morpholine rings is 1. The van der Waals surface area contributed by atoms with E-state index in [2.05, 4.69) is 9.88 Å². The Kier molecular flexibility index (Phi) is 3.54. The Morgan fingerprint density at radius 3 is 2.65 bits per heavy atom. The molecule has 0 atom stereocenters. The minimum Gasteiger partial charge on any atom is -0.379 e. The topological polar surface area (TPSA) is 42.4 Å². The number of ketones is 1. The number of nitrogens with zero attached hydrogens (tertiary/aromatic N) is 2. The third kappa shape index (κ3) is 2.53. The first-order chi connectivity index (χ1) is 8.12. The maximum atomic E-state index is 12.4. The minimum atomic E-state index is -0.516. The summed E-state index contributed by atoms with van der Waals surface area (Å²) < 4.78 is 5.31. The molecule has 0 aliphatic carbocycles. The second-order valence-electron chi connectivity index (χ2n) is 4.70. The summed E-state index contributed by atoms with van der Waals surface area (Å²) in [6, 6.07) is 5.43. The number of hydrogen-bond acceptors (Lipinski definition) is 4. The fourth-order valence-corrected chi connectivity index (χ4v) is 2.08. The Hall–Kier alpha value is -1.26. The summed E-state index contributed by atoms with van der Waals surface area (Å²) in [5.41, 5.74) is 0.0157. The van der Waals surface area contributed by atoms with Crippen molar-refractivity contribution in [1.82, 2.24) is 9.88 Å². The second kappa shape index (κ2) is 4.94. The van der Waals surface area contributed by atoms with Crippen molar-refractivity contribution in [2.24, 2.45) is 0 Å². The average Bonchev–Trinajstić information content (AvgIpc) is 2.40. The van der Waals surface area contributed by atoms with Gasteiger partial charge in [0.25, 0.3) is 0 Å². The zero-order valence-electron chi connectivity index (χ0n) is 10.3. The molecule has 1 saturated heterocycles. The highest BCUT2D eigenvalue weighted by atomic mass is 16.5. The molecule has 0 aromatic carbocycles. The summed E-state index contributed by atoms with van der Waals surface area (Å²) in [6.45, 7) is 6.89. The van der Waals surface area contributed by atoms with Gasteiger partial charge in [-0.25, -0.2) is 0 Å². The van der Waals surface area contributed by atoms with Gasteiger partial charge >= 0.3 is 0 Å². The summed E-state index contributed by atoms with van der Waals surface area (Å²) in [5.74, 6) is 0.0694. The van der Waals surface area contributed by atoms with E-state index in [4.69, 9.17) is 4.74 Å². The van der Waals surface area contributed by atoms with Crippen LogP contribution in [0, 0.1) is 0 Å². The lowest BCUT2D eigenvalue weighted by Crippen LogP contribution is -2.54. The van der Waals surface area contributed by atoms with Gasteiger partial charge in [0.05, 0.1) is 18.8 Å². The summed E-state index contributed by atoms with van der Waals surface area (Å²) in [6.07, 6.45) is 1.66. The Morgan fingerprint density at radius 1 is 1.35 bits per heavy atom. The number of Topliss-reactive ketones (excluding diaryl/α,β-unsaturated/α-hetero) is 1. The van der Waals surface area contributed by atoms with Gasteiger partial charge in [-0.3, -0.25) is 14.7 Å². The van der Waals surface area contributed by atoms with Gasteiger partial charge in [0.15, 0.2) is 0 Å². The van der Waals surface area contributed by atoms with Crippen LogP contribution in [-0.4, -0.2) is 47.5 Å². The van der Waals surface area contributed by atoms with Gasteiger partial charge in [0.1, 0.15) is 5.69 Å². The zero-order chi connectivity index (χ0) is 12.3. The van der Waals surface area contributed by atoms with Crippen molar-refractivity contribution in [2.45, 2.75) is 19.4 Å². The van der Waals surface area contributed by atoms with Gasteiger partial charge in [0, 0.05) is 19.3 Å². The smallest absolute Gasteiger partial charge is 0.200 e. The lowest BCUT2D eigenvalue weighted by Gasteiger charge is -2.39. The Labute approximate surface area is 102 Å². The first kappa shape index (κ1) is 12.2. The number of carbonyl (C=O) groups excluding carboxylic acids is 1. The van der Waals surface area contributed by atoms with E-state index < -0.39 is 5.54 Å². The van der Waals surface area contributed by atoms with Crippen molar-refractivity contribution in [3.8, 4) is 0 Å². The number of aromatic nitrogens is 1. The Bertz CT molecular complexity index is 384. The summed E-state index contributed by atoms with van der Waals surface area (Å²) in [4.78, 5) is 18.7. The first-order valence-electron chi connectivity index (χ1n) is 5.91. The van der Waals surface area contributed by atoms with E-state index in [-0.39, 0.29) is 5.78 Å². The normalized spacial score (nSPS) is 18.0. The molecule has 0 saturated carbocycles. The molecule has 1 aliphatic heterocycles. The van der Waals surface area contributed by atoms with E-state index in [0.29, 0.717) is 18.9 Å². The van der Waals surface area contributed by atoms with Gasteiger partial charge in [0.2, 0.25) is 5.78 Å². The van der Waals surface area contributed by atoms with Crippen molar-refractivity contribution in [1.29, 1.82) is 0 Å². The molecular weight excluding hydrogens is 216 g/mol. The van der Waals surface area contributed by atoms with Crippen LogP contribution in [-0.2, 0) is 4.74 Å². The number of ether oxygens (including phenoxy) is 1. The summed E-state index contributed by atoms with van der Waals surface area (Å²) in [5, 5.41) is 0. The molecule has 0 radical (unpaired) electrons. The molecule has 4 heteroatoms. The van der Waals surface area contributed by atoms with Crippen molar-refractivity contribution in [2.75, 3.05) is 26.3 Å². The van der Waals surface area contributed by atoms with Crippen molar-refractivity contribution < 1.29 is 9.53 Å². The Morgan fingerprint density at radius 2 is 2.06 bits per heavy atom. The van der Waals surface area contributed by atoms with Crippen molar-refractivity contribution in [3.05, 3.63) is 30.1 Å². The van der Waals surface area contributed by atoms with Crippen LogP contribution in [0.5, 0.6) is 0 Å². The number of pyridine rings is 1. The van der Waals surface area contributed by atoms with Crippen molar-refractivity contribution in [3.63, 3.8) is 0 Å². The maximum absolute atomic E-state index is 12.4. The molecule has 1 aromatic rings. The van der Waals surface area contributed by atoms with Crippen LogP contribution in [0.4, 0.5) is 0 Å². The van der Waals surface area contributed by atoms with E-state index in [0.717, 1.165) is 13.1 Å². The third-order valence-corrected chi connectivity index (χ3v) is 3.25. The molecule has 0 bridgehead atoms. The number of hydrogen-bond donors (Lipinski definition) is 0. The lowest BCUT2D eigenvalue weighted by atomic mass is 9.93. The molecule has 0 N–H and O–H groups in total. The summed E-state index contributed by atoms with van der Waals surface area (Å²) in [7, 11) is 0. The molecule has 0 spiro atoms. The molecule has 2 heterocycles. The molecule has 0 unspecified atom stereocenters. The third-order valence-electron chi connectivity index (χ3n) is 3.25. The van der Waals surface area contributed by atoms with Gasteiger partial charge in [-0.05, 0) is 26.0 Å². The standard InChI is InChI=1S/C13H18N2O2/c1-13(2,15-7-9-17-10-8-15)12(16)11-5-3-4-6-14-11/h3-6H,7-10H2,1-2H3. The lowest BCUT2D eigenvalue weighted by molar-refractivity contribution is -0.00447. The largest absolute Gasteiger partial charge is 0.379 e. The van der Waals surface area contributed by atoms with Crippen LogP contribution < -0.4 is 0 Å². The molecule has 1 aliphatic rings. The van der Waals surface area contributed by atoms with Crippen molar-refractivity contribution >= 4 is 5.78 Å².